The summed E-state index contributed by atoms with van der Waals surface area (Å²) in [7, 11) is 0. The van der Waals surface area contributed by atoms with Gasteiger partial charge in [0.1, 0.15) is 11.4 Å². The SMILES string of the molecule is Cc1c(F)cccc1Cc1c(C(=O)N2CCN(C(=O)OC(C)(C)C)CC2)c2cc(Br)ccn2c1-c1ccccc1. The number of pyridine rings is 1. The van der Waals surface area contributed by atoms with Crippen LogP contribution in [0.1, 0.15) is 47.8 Å². The molecule has 0 spiro atoms. The van der Waals surface area contributed by atoms with Crippen molar-refractivity contribution >= 4 is 33.4 Å². The maximum absolute atomic E-state index is 14.6. The number of amides is 2. The van der Waals surface area contributed by atoms with E-state index in [-0.39, 0.29) is 17.8 Å². The van der Waals surface area contributed by atoms with Crippen molar-refractivity contribution in [3.8, 4) is 11.3 Å². The minimum Gasteiger partial charge on any atom is -0.444 e. The Kier molecular flexibility index (Phi) is 7.73. The number of ether oxygens (including phenoxy) is 1. The fourth-order valence-corrected chi connectivity index (χ4v) is 5.55. The molecule has 1 aliphatic heterocycles. The smallest absolute Gasteiger partial charge is 0.410 e. The maximum Gasteiger partial charge on any atom is 0.410 e. The minimum absolute atomic E-state index is 0.106. The molecule has 4 aromatic rings. The molecule has 0 atom stereocenters. The van der Waals surface area contributed by atoms with E-state index in [1.807, 2.05) is 79.9 Å². The molecule has 0 unspecified atom stereocenters. The fraction of sp³-hybridized carbons (Fsp3) is 0.312. The Labute approximate surface area is 242 Å². The van der Waals surface area contributed by atoms with Crippen molar-refractivity contribution in [1.82, 2.24) is 14.2 Å². The van der Waals surface area contributed by atoms with Crippen molar-refractivity contribution in [3.05, 3.63) is 99.4 Å². The van der Waals surface area contributed by atoms with E-state index >= 15 is 0 Å². The zero-order valence-electron chi connectivity index (χ0n) is 23.2. The van der Waals surface area contributed by atoms with E-state index in [1.165, 1.54) is 6.07 Å². The number of carbonyl (C=O) groups excluding carboxylic acids is 2. The number of halogens is 2. The number of carbonyl (C=O) groups is 2. The average Bonchev–Trinajstić information content (AvgIpc) is 3.23. The molecular weight excluding hydrogens is 573 g/mol. The molecule has 2 aromatic heterocycles. The van der Waals surface area contributed by atoms with Gasteiger partial charge in [0.25, 0.3) is 5.91 Å². The molecule has 1 aliphatic rings. The molecule has 208 valence electrons. The fourth-order valence-electron chi connectivity index (χ4n) is 5.21. The molecule has 2 aromatic carbocycles. The first kappa shape index (κ1) is 27.9. The molecule has 1 fully saturated rings. The minimum atomic E-state index is -0.583. The van der Waals surface area contributed by atoms with Gasteiger partial charge < -0.3 is 18.9 Å². The summed E-state index contributed by atoms with van der Waals surface area (Å²) < 4.78 is 23.0. The first-order valence-corrected chi connectivity index (χ1v) is 14.2. The summed E-state index contributed by atoms with van der Waals surface area (Å²) in [4.78, 5) is 30.4. The van der Waals surface area contributed by atoms with Crippen LogP contribution in [0.2, 0.25) is 0 Å². The zero-order valence-corrected chi connectivity index (χ0v) is 24.8. The molecule has 0 N–H and O–H groups in total. The number of rotatable bonds is 4. The van der Waals surface area contributed by atoms with Crippen LogP contribution in [0.25, 0.3) is 16.8 Å². The third-order valence-electron chi connectivity index (χ3n) is 7.23. The number of hydrogen-bond acceptors (Lipinski definition) is 3. The topological polar surface area (TPSA) is 54.3 Å². The Morgan fingerprint density at radius 2 is 1.62 bits per heavy atom. The van der Waals surface area contributed by atoms with Gasteiger partial charge in [-0.1, -0.05) is 58.4 Å². The lowest BCUT2D eigenvalue weighted by Crippen LogP contribution is -2.51. The van der Waals surface area contributed by atoms with Gasteiger partial charge in [-0.15, -0.1) is 0 Å². The highest BCUT2D eigenvalue weighted by molar-refractivity contribution is 9.10. The zero-order chi connectivity index (χ0) is 28.6. The van der Waals surface area contributed by atoms with Gasteiger partial charge in [-0.25, -0.2) is 9.18 Å². The predicted octanol–water partition coefficient (Wildman–Crippen LogP) is 7.10. The summed E-state index contributed by atoms with van der Waals surface area (Å²) in [6.45, 7) is 8.86. The first-order valence-electron chi connectivity index (χ1n) is 13.4. The van der Waals surface area contributed by atoms with Crippen LogP contribution in [0.15, 0.2) is 71.3 Å². The van der Waals surface area contributed by atoms with E-state index in [1.54, 1.807) is 22.8 Å². The van der Waals surface area contributed by atoms with Gasteiger partial charge in [0.2, 0.25) is 0 Å². The van der Waals surface area contributed by atoms with Crippen LogP contribution in [0.3, 0.4) is 0 Å². The molecule has 5 rings (SSSR count). The normalized spacial score (nSPS) is 14.1. The van der Waals surface area contributed by atoms with Crippen molar-refractivity contribution in [3.63, 3.8) is 0 Å². The Morgan fingerprint density at radius 1 is 0.950 bits per heavy atom. The highest BCUT2D eigenvalue weighted by Gasteiger charge is 2.32. The second-order valence-electron chi connectivity index (χ2n) is 11.1. The number of hydrogen-bond donors (Lipinski definition) is 0. The molecule has 40 heavy (non-hydrogen) atoms. The quantitative estimate of drug-likeness (QED) is 0.249. The van der Waals surface area contributed by atoms with Gasteiger partial charge in [-0.2, -0.15) is 0 Å². The van der Waals surface area contributed by atoms with E-state index in [0.717, 1.165) is 32.4 Å². The number of fused-ring (bicyclic) bond motifs is 1. The lowest BCUT2D eigenvalue weighted by Gasteiger charge is -2.35. The molecule has 0 aliphatic carbocycles. The molecule has 6 nitrogen and oxygen atoms in total. The van der Waals surface area contributed by atoms with Gasteiger partial charge in [-0.05, 0) is 68.1 Å². The molecule has 1 saturated heterocycles. The Hall–Kier alpha value is -3.65. The highest BCUT2D eigenvalue weighted by atomic mass is 79.9. The summed E-state index contributed by atoms with van der Waals surface area (Å²) in [5.41, 5.74) is 4.91. The summed E-state index contributed by atoms with van der Waals surface area (Å²) >= 11 is 3.59. The van der Waals surface area contributed by atoms with Crippen molar-refractivity contribution in [2.75, 3.05) is 26.2 Å². The van der Waals surface area contributed by atoms with Crippen LogP contribution in [-0.4, -0.2) is 58.0 Å². The number of piperazine rings is 1. The van der Waals surface area contributed by atoms with Gasteiger partial charge in [0, 0.05) is 43.3 Å². The monoisotopic (exact) mass is 605 g/mol. The average molecular weight is 607 g/mol. The van der Waals surface area contributed by atoms with Crippen molar-refractivity contribution in [2.24, 2.45) is 0 Å². The molecule has 3 heterocycles. The highest BCUT2D eigenvalue weighted by Crippen LogP contribution is 2.36. The van der Waals surface area contributed by atoms with Crippen LogP contribution in [0, 0.1) is 12.7 Å². The second-order valence-corrected chi connectivity index (χ2v) is 12.0. The van der Waals surface area contributed by atoms with Crippen LogP contribution in [-0.2, 0) is 11.2 Å². The largest absolute Gasteiger partial charge is 0.444 e. The van der Waals surface area contributed by atoms with Crippen LogP contribution < -0.4 is 0 Å². The number of benzene rings is 2. The summed E-state index contributed by atoms with van der Waals surface area (Å²) in [6, 6.07) is 19.0. The molecule has 0 bridgehead atoms. The van der Waals surface area contributed by atoms with Crippen LogP contribution >= 0.6 is 15.9 Å². The Bertz CT molecular complexity index is 1570. The summed E-state index contributed by atoms with van der Waals surface area (Å²) in [6.07, 6.45) is 1.99. The van der Waals surface area contributed by atoms with Crippen LogP contribution in [0.4, 0.5) is 9.18 Å². The molecule has 0 radical (unpaired) electrons. The van der Waals surface area contributed by atoms with Gasteiger partial charge in [-0.3, -0.25) is 4.79 Å². The molecule has 0 saturated carbocycles. The Morgan fingerprint density at radius 3 is 2.30 bits per heavy atom. The van der Waals surface area contributed by atoms with Crippen LogP contribution in [0.5, 0.6) is 0 Å². The first-order chi connectivity index (χ1) is 19.0. The number of aromatic nitrogens is 1. The lowest BCUT2D eigenvalue weighted by molar-refractivity contribution is 0.0141. The van der Waals surface area contributed by atoms with Crippen molar-refractivity contribution in [2.45, 2.75) is 39.7 Å². The third kappa shape index (κ3) is 5.63. The summed E-state index contributed by atoms with van der Waals surface area (Å²) in [5, 5.41) is 0. The van der Waals surface area contributed by atoms with E-state index in [9.17, 15) is 14.0 Å². The van der Waals surface area contributed by atoms with Crippen molar-refractivity contribution < 1.29 is 18.7 Å². The predicted molar refractivity (Wildman–Crippen MR) is 158 cm³/mol. The number of nitrogens with zero attached hydrogens (tertiary/aromatic N) is 3. The van der Waals surface area contributed by atoms with Gasteiger partial charge in [0.15, 0.2) is 0 Å². The van der Waals surface area contributed by atoms with E-state index in [0.29, 0.717) is 43.7 Å². The maximum atomic E-state index is 14.6. The lowest BCUT2D eigenvalue weighted by atomic mass is 9.94. The van der Waals surface area contributed by atoms with E-state index in [2.05, 4.69) is 15.9 Å². The van der Waals surface area contributed by atoms with E-state index < -0.39 is 5.60 Å². The molecule has 2 amide bonds. The Balaban J connectivity index is 1.59. The van der Waals surface area contributed by atoms with Gasteiger partial charge in [0.05, 0.1) is 16.8 Å². The second kappa shape index (κ2) is 11.1. The van der Waals surface area contributed by atoms with E-state index in [4.69, 9.17) is 4.74 Å². The molecule has 8 heteroatoms. The van der Waals surface area contributed by atoms with Crippen molar-refractivity contribution in [1.29, 1.82) is 0 Å². The summed E-state index contributed by atoms with van der Waals surface area (Å²) in [5.74, 6) is -0.373. The third-order valence-corrected chi connectivity index (χ3v) is 7.72. The molecular formula is C32H33BrFN3O3. The van der Waals surface area contributed by atoms with Gasteiger partial charge >= 0.3 is 6.09 Å². The standard InChI is InChI=1S/C32H33BrFN3O3/c1-21-23(11-8-12-26(21)34)19-25-28(30(38)35-15-17-36(18-16-35)31(39)40-32(2,3)4)27-20-24(33)13-14-37(27)29(25)22-9-6-5-7-10-22/h5-14,20H,15-19H2,1-4H3.